The number of rotatable bonds is 7. The third-order valence-corrected chi connectivity index (χ3v) is 5.61. The lowest BCUT2D eigenvalue weighted by Crippen LogP contribution is -2.47. The molecule has 0 radical (unpaired) electrons. The van der Waals surface area contributed by atoms with Crippen molar-refractivity contribution in [1.29, 1.82) is 0 Å². The highest BCUT2D eigenvalue weighted by molar-refractivity contribution is 6.30. The molecule has 1 saturated heterocycles. The molecule has 2 amide bonds. The molecule has 0 bridgehead atoms. The Kier molecular flexibility index (Phi) is 7.50. The largest absolute Gasteiger partial charge is 0.481 e. The highest BCUT2D eigenvalue weighted by Crippen LogP contribution is 2.23. The fraction of sp³-hybridized carbons (Fsp3) is 0.524. The van der Waals surface area contributed by atoms with Gasteiger partial charge in [0.2, 0.25) is 0 Å². The van der Waals surface area contributed by atoms with Gasteiger partial charge in [-0.2, -0.15) is 0 Å². The van der Waals surface area contributed by atoms with Gasteiger partial charge in [0.05, 0.1) is 12.7 Å². The summed E-state index contributed by atoms with van der Waals surface area (Å²) in [5.41, 5.74) is 1.20. The van der Waals surface area contributed by atoms with Gasteiger partial charge in [-0.3, -0.25) is 9.59 Å². The number of hydrogen-bond donors (Lipinski definition) is 0. The van der Waals surface area contributed by atoms with E-state index in [0.717, 1.165) is 18.7 Å². The predicted octanol–water partition coefficient (Wildman–Crippen LogP) is 1.55. The first kappa shape index (κ1) is 23.0. The van der Waals surface area contributed by atoms with Crippen LogP contribution >= 0.6 is 11.6 Å². The zero-order valence-corrected chi connectivity index (χ0v) is 19.2. The van der Waals surface area contributed by atoms with Crippen molar-refractivity contribution in [3.05, 3.63) is 40.7 Å². The first-order valence-corrected chi connectivity index (χ1v) is 10.7. The Morgan fingerprint density at radius 3 is 2.65 bits per heavy atom. The molecule has 0 saturated carbocycles. The number of nitrogens with zero attached hydrogens (tertiary/aromatic N) is 6. The molecule has 9 nitrogen and oxygen atoms in total. The Balaban J connectivity index is 1.50. The van der Waals surface area contributed by atoms with Gasteiger partial charge in [-0.25, -0.2) is 4.68 Å². The van der Waals surface area contributed by atoms with Crippen LogP contribution in [0, 0.1) is 6.92 Å². The molecule has 2 aromatic rings. The summed E-state index contributed by atoms with van der Waals surface area (Å²) >= 11 is 5.97. The van der Waals surface area contributed by atoms with E-state index in [1.807, 2.05) is 14.0 Å². The third-order valence-electron chi connectivity index (χ3n) is 5.38. The number of amides is 2. The molecule has 0 N–H and O–H groups in total. The zero-order chi connectivity index (χ0) is 22.5. The number of aryl methyl sites for hydroxylation is 1. The van der Waals surface area contributed by atoms with Crippen molar-refractivity contribution in [3.63, 3.8) is 0 Å². The molecular weight excluding hydrogens is 420 g/mol. The molecule has 10 heteroatoms. The molecule has 168 valence electrons. The highest BCUT2D eigenvalue weighted by atomic mass is 35.5. The average molecular weight is 449 g/mol. The summed E-state index contributed by atoms with van der Waals surface area (Å²) in [7, 11) is 3.75. The molecule has 3 rings (SSSR count). The van der Waals surface area contributed by atoms with Gasteiger partial charge >= 0.3 is 0 Å². The van der Waals surface area contributed by atoms with Gasteiger partial charge in [-0.15, -0.1) is 5.10 Å². The number of ether oxygens (including phenoxy) is 1. The van der Waals surface area contributed by atoms with Crippen molar-refractivity contribution in [2.24, 2.45) is 0 Å². The van der Waals surface area contributed by atoms with Crippen LogP contribution in [-0.2, 0) is 11.3 Å². The van der Waals surface area contributed by atoms with Gasteiger partial charge < -0.3 is 19.4 Å². The summed E-state index contributed by atoms with van der Waals surface area (Å²) in [4.78, 5) is 30.8. The standard InChI is InChI=1S/C21H29ClN6O3/c1-15-13-17(22)5-6-19(15)31-16(2)20(29)26(4)9-12-28-14-18(23-24-28)21(30)27-10-7-25(3)8-11-27/h5-6,13-14,16H,7-12H2,1-4H3. The summed E-state index contributed by atoms with van der Waals surface area (Å²) in [5, 5.41) is 8.67. The number of halogens is 1. The monoisotopic (exact) mass is 448 g/mol. The molecule has 1 aliphatic heterocycles. The normalized spacial score (nSPS) is 15.6. The van der Waals surface area contributed by atoms with E-state index in [-0.39, 0.29) is 11.8 Å². The van der Waals surface area contributed by atoms with Crippen molar-refractivity contribution in [3.8, 4) is 5.75 Å². The molecule has 1 aromatic carbocycles. The lowest BCUT2D eigenvalue weighted by atomic mass is 10.2. The smallest absolute Gasteiger partial charge is 0.276 e. The molecule has 0 aliphatic carbocycles. The van der Waals surface area contributed by atoms with Crippen LogP contribution in [0.15, 0.2) is 24.4 Å². The maximum atomic E-state index is 12.7. The van der Waals surface area contributed by atoms with Crippen molar-refractivity contribution >= 4 is 23.4 Å². The minimum absolute atomic E-state index is 0.107. The second-order valence-corrected chi connectivity index (χ2v) is 8.33. The van der Waals surface area contributed by atoms with Crippen LogP contribution in [0.5, 0.6) is 5.75 Å². The molecular formula is C21H29ClN6O3. The van der Waals surface area contributed by atoms with E-state index in [2.05, 4.69) is 15.2 Å². The summed E-state index contributed by atoms with van der Waals surface area (Å²) in [6.07, 6.45) is 0.991. The average Bonchev–Trinajstić information content (AvgIpc) is 3.22. The minimum atomic E-state index is -0.644. The fourth-order valence-corrected chi connectivity index (χ4v) is 3.56. The number of carbonyl (C=O) groups excluding carboxylic acids is 2. The quantitative estimate of drug-likeness (QED) is 0.639. The van der Waals surface area contributed by atoms with Gasteiger partial charge in [-0.1, -0.05) is 16.8 Å². The van der Waals surface area contributed by atoms with Crippen LogP contribution in [0.25, 0.3) is 0 Å². The number of hydrogen-bond acceptors (Lipinski definition) is 6. The Morgan fingerprint density at radius 1 is 1.26 bits per heavy atom. The molecule has 1 aliphatic rings. The maximum absolute atomic E-state index is 12.7. The van der Waals surface area contributed by atoms with Crippen LogP contribution < -0.4 is 4.74 Å². The van der Waals surface area contributed by atoms with E-state index in [4.69, 9.17) is 16.3 Å². The van der Waals surface area contributed by atoms with Crippen LogP contribution in [0.3, 0.4) is 0 Å². The topological polar surface area (TPSA) is 83.8 Å². The summed E-state index contributed by atoms with van der Waals surface area (Å²) in [6.45, 7) is 7.51. The van der Waals surface area contributed by atoms with E-state index >= 15 is 0 Å². The van der Waals surface area contributed by atoms with Gasteiger partial charge in [0.25, 0.3) is 11.8 Å². The highest BCUT2D eigenvalue weighted by Gasteiger charge is 2.23. The van der Waals surface area contributed by atoms with Crippen molar-refractivity contribution in [2.45, 2.75) is 26.5 Å². The number of carbonyl (C=O) groups is 2. The maximum Gasteiger partial charge on any atom is 0.276 e. The van der Waals surface area contributed by atoms with Crippen LogP contribution in [-0.4, -0.2) is 94.4 Å². The summed E-state index contributed by atoms with van der Waals surface area (Å²) < 4.78 is 7.39. The van der Waals surface area contributed by atoms with Crippen molar-refractivity contribution < 1.29 is 14.3 Å². The predicted molar refractivity (Wildman–Crippen MR) is 117 cm³/mol. The molecule has 1 atom stereocenters. The Hall–Kier alpha value is -2.65. The lowest BCUT2D eigenvalue weighted by Gasteiger charge is -2.31. The fourth-order valence-electron chi connectivity index (χ4n) is 3.34. The first-order chi connectivity index (χ1) is 14.7. The van der Waals surface area contributed by atoms with E-state index in [0.29, 0.717) is 42.6 Å². The van der Waals surface area contributed by atoms with Crippen molar-refractivity contribution in [2.75, 3.05) is 46.8 Å². The van der Waals surface area contributed by atoms with E-state index < -0.39 is 6.10 Å². The number of piperazine rings is 1. The van der Waals surface area contributed by atoms with Crippen LogP contribution in [0.2, 0.25) is 5.02 Å². The first-order valence-electron chi connectivity index (χ1n) is 10.3. The SMILES string of the molecule is Cc1cc(Cl)ccc1OC(C)C(=O)N(C)CCn1cc(C(=O)N2CCN(C)CC2)nn1. The van der Waals surface area contributed by atoms with E-state index in [1.165, 1.54) is 0 Å². The minimum Gasteiger partial charge on any atom is -0.481 e. The van der Waals surface area contributed by atoms with Gasteiger partial charge in [-0.05, 0) is 44.7 Å². The molecule has 1 aromatic heterocycles. The molecule has 0 spiro atoms. The third kappa shape index (κ3) is 5.95. The van der Waals surface area contributed by atoms with Crippen LogP contribution in [0.1, 0.15) is 23.0 Å². The van der Waals surface area contributed by atoms with Crippen LogP contribution in [0.4, 0.5) is 0 Å². The van der Waals surface area contributed by atoms with Gasteiger partial charge in [0.15, 0.2) is 11.8 Å². The summed E-state index contributed by atoms with van der Waals surface area (Å²) in [6, 6.07) is 5.29. The van der Waals surface area contributed by atoms with E-state index in [9.17, 15) is 9.59 Å². The molecule has 1 unspecified atom stereocenters. The number of likely N-dealkylation sites (N-methyl/N-ethyl adjacent to an activating group) is 2. The molecule has 2 heterocycles. The zero-order valence-electron chi connectivity index (χ0n) is 18.4. The number of benzene rings is 1. The van der Waals surface area contributed by atoms with Gasteiger partial charge in [0, 0.05) is 44.8 Å². The number of aromatic nitrogens is 3. The molecule has 31 heavy (non-hydrogen) atoms. The Labute approximate surface area is 187 Å². The second-order valence-electron chi connectivity index (χ2n) is 7.89. The Bertz CT molecular complexity index is 926. The van der Waals surface area contributed by atoms with Gasteiger partial charge in [0.1, 0.15) is 5.75 Å². The van der Waals surface area contributed by atoms with E-state index in [1.54, 1.807) is 52.8 Å². The molecule has 1 fully saturated rings. The summed E-state index contributed by atoms with van der Waals surface area (Å²) in [5.74, 6) is 0.370. The van der Waals surface area contributed by atoms with Crippen molar-refractivity contribution in [1.82, 2.24) is 29.7 Å². The Morgan fingerprint density at radius 2 is 1.97 bits per heavy atom. The lowest BCUT2D eigenvalue weighted by molar-refractivity contribution is -0.136. The second kappa shape index (κ2) is 10.1.